The second kappa shape index (κ2) is 2.57. The number of thiophene rings is 1. The van der Waals surface area contributed by atoms with Crippen LogP contribution in [0.3, 0.4) is 0 Å². The van der Waals surface area contributed by atoms with Crippen LogP contribution >= 0.6 is 22.9 Å². The summed E-state index contributed by atoms with van der Waals surface area (Å²) < 4.78 is 35.8. The van der Waals surface area contributed by atoms with Crippen molar-refractivity contribution in [1.82, 2.24) is 0 Å². The molecule has 0 radical (unpaired) electrons. The van der Waals surface area contributed by atoms with Gasteiger partial charge in [0.1, 0.15) is 4.34 Å². The number of halogens is 4. The van der Waals surface area contributed by atoms with Crippen molar-refractivity contribution in [3.05, 3.63) is 15.3 Å². The first-order valence-electron chi connectivity index (χ1n) is 2.52. The Morgan fingerprint density at radius 1 is 1.45 bits per heavy atom. The van der Waals surface area contributed by atoms with E-state index in [1.54, 1.807) is 0 Å². The van der Waals surface area contributed by atoms with Gasteiger partial charge in [0, 0.05) is 5.38 Å². The van der Waals surface area contributed by atoms with Crippen LogP contribution in [0.5, 0.6) is 0 Å². The van der Waals surface area contributed by atoms with E-state index in [1.807, 2.05) is 0 Å². The molecule has 2 N–H and O–H groups in total. The lowest BCUT2D eigenvalue weighted by Gasteiger charge is -2.03. The van der Waals surface area contributed by atoms with Gasteiger partial charge in [-0.2, -0.15) is 13.2 Å². The number of anilines is 1. The third-order valence-electron chi connectivity index (χ3n) is 1.09. The average Bonchev–Trinajstić information content (AvgIpc) is 2.11. The van der Waals surface area contributed by atoms with Crippen molar-refractivity contribution in [1.29, 1.82) is 0 Å². The maximum Gasteiger partial charge on any atom is 0.419 e. The van der Waals surface area contributed by atoms with Gasteiger partial charge in [0.25, 0.3) is 0 Å². The molecular weight excluding hydrogens is 199 g/mol. The lowest BCUT2D eigenvalue weighted by Crippen LogP contribution is -2.06. The first-order valence-corrected chi connectivity index (χ1v) is 3.78. The molecule has 0 aliphatic rings. The number of rotatable bonds is 0. The van der Waals surface area contributed by atoms with Gasteiger partial charge in [0.2, 0.25) is 0 Å². The lowest BCUT2D eigenvalue weighted by atomic mass is 10.3. The molecule has 1 aromatic heterocycles. The van der Waals surface area contributed by atoms with E-state index in [1.165, 1.54) is 0 Å². The summed E-state index contributed by atoms with van der Waals surface area (Å²) in [5, 5.41) is 0.900. The molecule has 0 unspecified atom stereocenters. The summed E-state index contributed by atoms with van der Waals surface area (Å²) in [6.45, 7) is 0. The predicted octanol–water partition coefficient (Wildman–Crippen LogP) is 3.00. The molecular formula is C5H3ClF3NS. The molecule has 0 bridgehead atoms. The van der Waals surface area contributed by atoms with E-state index in [0.717, 1.165) is 16.7 Å². The second-order valence-corrected chi connectivity index (χ2v) is 3.32. The Morgan fingerprint density at radius 2 is 2.00 bits per heavy atom. The highest BCUT2D eigenvalue weighted by atomic mass is 35.5. The van der Waals surface area contributed by atoms with Gasteiger partial charge in [-0.15, -0.1) is 11.3 Å². The van der Waals surface area contributed by atoms with Crippen LogP contribution in [0.2, 0.25) is 4.34 Å². The SMILES string of the molecule is Nc1c(C(F)(F)F)csc1Cl. The zero-order valence-electron chi connectivity index (χ0n) is 5.07. The van der Waals surface area contributed by atoms with Crippen LogP contribution in [0, 0.1) is 0 Å². The van der Waals surface area contributed by atoms with Crippen molar-refractivity contribution < 1.29 is 13.2 Å². The highest BCUT2D eigenvalue weighted by molar-refractivity contribution is 7.15. The molecule has 1 nitrogen and oxygen atoms in total. The van der Waals surface area contributed by atoms with Gasteiger partial charge in [-0.1, -0.05) is 11.6 Å². The van der Waals surface area contributed by atoms with E-state index in [2.05, 4.69) is 0 Å². The third-order valence-corrected chi connectivity index (χ3v) is 2.34. The van der Waals surface area contributed by atoms with Crippen LogP contribution in [-0.4, -0.2) is 0 Å². The van der Waals surface area contributed by atoms with Crippen molar-refractivity contribution >= 4 is 28.6 Å². The summed E-state index contributed by atoms with van der Waals surface area (Å²) in [6.07, 6.45) is -4.40. The molecule has 1 rings (SSSR count). The standard InChI is InChI=1S/C5H3ClF3NS/c6-4-3(10)2(1-11-4)5(7,8)9/h1H,10H2. The Labute approximate surface area is 69.6 Å². The molecule has 0 spiro atoms. The minimum Gasteiger partial charge on any atom is -0.396 e. The average molecular weight is 202 g/mol. The first-order chi connectivity index (χ1) is 4.93. The molecule has 6 heteroatoms. The highest BCUT2D eigenvalue weighted by Gasteiger charge is 2.34. The molecule has 11 heavy (non-hydrogen) atoms. The molecule has 1 heterocycles. The number of nitrogen functional groups attached to an aromatic ring is 1. The molecule has 0 aliphatic heterocycles. The van der Waals surface area contributed by atoms with Crippen LogP contribution < -0.4 is 5.73 Å². The Kier molecular flexibility index (Phi) is 2.02. The van der Waals surface area contributed by atoms with E-state index in [-0.39, 0.29) is 10.0 Å². The number of alkyl halides is 3. The molecule has 0 saturated carbocycles. The number of hydrogen-bond donors (Lipinski definition) is 1. The van der Waals surface area contributed by atoms with Gasteiger partial charge in [0.15, 0.2) is 0 Å². The fourth-order valence-corrected chi connectivity index (χ4v) is 1.52. The second-order valence-electron chi connectivity index (χ2n) is 1.83. The molecule has 0 atom stereocenters. The van der Waals surface area contributed by atoms with Crippen molar-refractivity contribution in [3.8, 4) is 0 Å². The topological polar surface area (TPSA) is 26.0 Å². The zero-order chi connectivity index (χ0) is 8.65. The molecule has 0 fully saturated rings. The zero-order valence-corrected chi connectivity index (χ0v) is 6.65. The summed E-state index contributed by atoms with van der Waals surface area (Å²) in [5.74, 6) is 0. The Balaban J connectivity index is 3.15. The number of nitrogens with two attached hydrogens (primary N) is 1. The predicted molar refractivity (Wildman–Crippen MR) is 38.7 cm³/mol. The Bertz CT molecular complexity index is 267. The summed E-state index contributed by atoms with van der Waals surface area (Å²) in [7, 11) is 0. The quantitative estimate of drug-likeness (QED) is 0.686. The van der Waals surface area contributed by atoms with E-state index < -0.39 is 11.7 Å². The molecule has 62 valence electrons. The minimum absolute atomic E-state index is 0.0164. The molecule has 0 saturated heterocycles. The summed E-state index contributed by atoms with van der Waals surface area (Å²) in [4.78, 5) is 0. The lowest BCUT2D eigenvalue weighted by molar-refractivity contribution is -0.136. The van der Waals surface area contributed by atoms with E-state index in [0.29, 0.717) is 0 Å². The van der Waals surface area contributed by atoms with Crippen LogP contribution in [-0.2, 0) is 6.18 Å². The minimum atomic E-state index is -4.40. The number of hydrogen-bond acceptors (Lipinski definition) is 2. The van der Waals surface area contributed by atoms with Gasteiger partial charge in [-0.3, -0.25) is 0 Å². The van der Waals surface area contributed by atoms with Gasteiger partial charge in [0.05, 0.1) is 11.3 Å². The monoisotopic (exact) mass is 201 g/mol. The Hall–Kier alpha value is -0.420. The summed E-state index contributed by atoms with van der Waals surface area (Å²) in [5.41, 5.74) is 3.81. The largest absolute Gasteiger partial charge is 0.419 e. The van der Waals surface area contributed by atoms with Crippen LogP contribution in [0.15, 0.2) is 5.38 Å². The van der Waals surface area contributed by atoms with Crippen molar-refractivity contribution in [3.63, 3.8) is 0 Å². The van der Waals surface area contributed by atoms with E-state index >= 15 is 0 Å². The normalized spacial score (nSPS) is 12.0. The molecule has 1 aromatic rings. The van der Waals surface area contributed by atoms with Gasteiger partial charge in [-0.25, -0.2) is 0 Å². The fourth-order valence-electron chi connectivity index (χ4n) is 0.563. The van der Waals surface area contributed by atoms with Crippen molar-refractivity contribution in [2.24, 2.45) is 0 Å². The smallest absolute Gasteiger partial charge is 0.396 e. The molecule has 0 amide bonds. The highest BCUT2D eigenvalue weighted by Crippen LogP contribution is 2.40. The Morgan fingerprint density at radius 3 is 2.18 bits per heavy atom. The first kappa shape index (κ1) is 8.67. The molecule has 0 aromatic carbocycles. The van der Waals surface area contributed by atoms with Crippen LogP contribution in [0.1, 0.15) is 5.56 Å². The van der Waals surface area contributed by atoms with Gasteiger partial charge >= 0.3 is 6.18 Å². The molecule has 0 aliphatic carbocycles. The van der Waals surface area contributed by atoms with E-state index in [4.69, 9.17) is 17.3 Å². The fraction of sp³-hybridized carbons (Fsp3) is 0.200. The summed E-state index contributed by atoms with van der Waals surface area (Å²) in [6, 6.07) is 0. The van der Waals surface area contributed by atoms with Crippen LogP contribution in [0.4, 0.5) is 18.9 Å². The summed E-state index contributed by atoms with van der Waals surface area (Å²) >= 11 is 6.11. The maximum atomic E-state index is 11.9. The van der Waals surface area contributed by atoms with Crippen LogP contribution in [0.25, 0.3) is 0 Å². The van der Waals surface area contributed by atoms with Crippen molar-refractivity contribution in [2.75, 3.05) is 5.73 Å². The van der Waals surface area contributed by atoms with E-state index in [9.17, 15) is 13.2 Å². The maximum absolute atomic E-state index is 11.9. The van der Waals surface area contributed by atoms with Gasteiger partial charge in [-0.05, 0) is 0 Å². The van der Waals surface area contributed by atoms with Gasteiger partial charge < -0.3 is 5.73 Å². The van der Waals surface area contributed by atoms with Crippen molar-refractivity contribution in [2.45, 2.75) is 6.18 Å². The third kappa shape index (κ3) is 1.59.